The van der Waals surface area contributed by atoms with Gasteiger partial charge in [-0.25, -0.2) is 0 Å². The molecule has 5 nitrogen and oxygen atoms in total. The molecule has 6 heteroatoms. The molecule has 0 bridgehead atoms. The molecule has 0 radical (unpaired) electrons. The van der Waals surface area contributed by atoms with Crippen molar-refractivity contribution >= 4 is 34.8 Å². The number of aryl methyl sites for hydroxylation is 1. The van der Waals surface area contributed by atoms with Crippen LogP contribution in [-0.2, 0) is 4.79 Å². The summed E-state index contributed by atoms with van der Waals surface area (Å²) in [6.07, 6.45) is 2.12. The van der Waals surface area contributed by atoms with Crippen LogP contribution in [0.3, 0.4) is 0 Å². The molecule has 3 rings (SSSR count). The van der Waals surface area contributed by atoms with Crippen LogP contribution >= 0.6 is 11.6 Å². The SMILES string of the molecule is Cc1ccc(Cl)cc1NC(=O)CNc1ccc(C(=O)N2CCC(C)CC2)cc1. The first-order chi connectivity index (χ1) is 13.4. The number of nitrogens with one attached hydrogen (secondary N) is 2. The van der Waals surface area contributed by atoms with E-state index in [1.807, 2.05) is 42.2 Å². The van der Waals surface area contributed by atoms with E-state index < -0.39 is 0 Å². The highest BCUT2D eigenvalue weighted by Gasteiger charge is 2.21. The van der Waals surface area contributed by atoms with Gasteiger partial charge in [0.05, 0.1) is 6.54 Å². The standard InChI is InChI=1S/C22H26ClN3O2/c1-15-9-11-26(12-10-15)22(28)17-4-7-19(8-5-17)24-14-21(27)25-20-13-18(23)6-3-16(20)2/h3-8,13,15,24H,9-12,14H2,1-2H3,(H,25,27). The van der Waals surface area contributed by atoms with Crippen LogP contribution in [0.25, 0.3) is 0 Å². The molecule has 0 saturated carbocycles. The van der Waals surface area contributed by atoms with Crippen molar-refractivity contribution in [3.63, 3.8) is 0 Å². The molecule has 0 aromatic heterocycles. The highest BCUT2D eigenvalue weighted by molar-refractivity contribution is 6.31. The molecular weight excluding hydrogens is 374 g/mol. The quantitative estimate of drug-likeness (QED) is 0.774. The summed E-state index contributed by atoms with van der Waals surface area (Å²) in [5, 5.41) is 6.51. The summed E-state index contributed by atoms with van der Waals surface area (Å²) >= 11 is 5.98. The number of halogens is 1. The summed E-state index contributed by atoms with van der Waals surface area (Å²) < 4.78 is 0. The summed E-state index contributed by atoms with van der Waals surface area (Å²) in [7, 11) is 0. The zero-order valence-electron chi connectivity index (χ0n) is 16.3. The first kappa shape index (κ1) is 20.2. The van der Waals surface area contributed by atoms with Gasteiger partial charge in [-0.2, -0.15) is 0 Å². The fraction of sp³-hybridized carbons (Fsp3) is 0.364. The van der Waals surface area contributed by atoms with Crippen LogP contribution in [0.2, 0.25) is 5.02 Å². The Labute approximate surface area is 171 Å². The number of carbonyl (C=O) groups excluding carboxylic acids is 2. The molecule has 28 heavy (non-hydrogen) atoms. The third-order valence-electron chi connectivity index (χ3n) is 5.13. The minimum atomic E-state index is -0.159. The van der Waals surface area contributed by atoms with Crippen molar-refractivity contribution in [1.29, 1.82) is 0 Å². The van der Waals surface area contributed by atoms with Crippen molar-refractivity contribution in [3.8, 4) is 0 Å². The van der Waals surface area contributed by atoms with Gasteiger partial charge in [0.25, 0.3) is 5.91 Å². The second-order valence-corrected chi connectivity index (χ2v) is 7.85. The molecule has 2 aromatic carbocycles. The van der Waals surface area contributed by atoms with E-state index in [1.165, 1.54) is 0 Å². The molecule has 1 fully saturated rings. The fourth-order valence-electron chi connectivity index (χ4n) is 3.23. The van der Waals surface area contributed by atoms with Crippen molar-refractivity contribution in [2.75, 3.05) is 30.3 Å². The summed E-state index contributed by atoms with van der Waals surface area (Å²) in [5.41, 5.74) is 3.13. The molecule has 0 spiro atoms. The molecule has 0 unspecified atom stereocenters. The van der Waals surface area contributed by atoms with Gasteiger partial charge in [0, 0.05) is 35.1 Å². The Bertz CT molecular complexity index is 843. The Hall–Kier alpha value is -2.53. The Kier molecular flexibility index (Phi) is 6.57. The number of rotatable bonds is 5. The minimum Gasteiger partial charge on any atom is -0.376 e. The Morgan fingerprint density at radius 3 is 2.46 bits per heavy atom. The first-order valence-electron chi connectivity index (χ1n) is 9.61. The number of nitrogens with zero attached hydrogens (tertiary/aromatic N) is 1. The average Bonchev–Trinajstić information content (AvgIpc) is 2.70. The van der Waals surface area contributed by atoms with E-state index in [1.54, 1.807) is 12.1 Å². The van der Waals surface area contributed by atoms with Gasteiger partial charge in [-0.05, 0) is 67.6 Å². The number of amides is 2. The van der Waals surface area contributed by atoms with Gasteiger partial charge in [-0.1, -0.05) is 24.6 Å². The zero-order valence-corrected chi connectivity index (χ0v) is 17.1. The first-order valence-corrected chi connectivity index (χ1v) is 9.99. The predicted molar refractivity (Wildman–Crippen MR) is 114 cm³/mol. The molecule has 0 aliphatic carbocycles. The number of benzene rings is 2. The number of likely N-dealkylation sites (tertiary alicyclic amines) is 1. The van der Waals surface area contributed by atoms with Gasteiger partial charge in [0.2, 0.25) is 5.91 Å². The van der Waals surface area contributed by atoms with Crippen LogP contribution in [0, 0.1) is 12.8 Å². The highest BCUT2D eigenvalue weighted by Crippen LogP contribution is 2.21. The molecule has 148 valence electrons. The van der Waals surface area contributed by atoms with Crippen LogP contribution in [-0.4, -0.2) is 36.3 Å². The predicted octanol–water partition coefficient (Wildman–Crippen LogP) is 4.57. The Morgan fingerprint density at radius 1 is 1.11 bits per heavy atom. The number of piperidine rings is 1. The number of hydrogen-bond acceptors (Lipinski definition) is 3. The molecule has 2 aromatic rings. The van der Waals surface area contributed by atoms with Gasteiger partial charge in [-0.3, -0.25) is 9.59 Å². The molecule has 0 atom stereocenters. The van der Waals surface area contributed by atoms with Gasteiger partial charge < -0.3 is 15.5 Å². The fourth-order valence-corrected chi connectivity index (χ4v) is 3.40. The molecule has 2 amide bonds. The summed E-state index contributed by atoms with van der Waals surface area (Å²) in [5.74, 6) is 0.609. The van der Waals surface area contributed by atoms with E-state index in [-0.39, 0.29) is 18.4 Å². The van der Waals surface area contributed by atoms with Crippen LogP contribution in [0.1, 0.15) is 35.7 Å². The summed E-state index contributed by atoms with van der Waals surface area (Å²) in [4.78, 5) is 26.7. The second-order valence-electron chi connectivity index (χ2n) is 7.41. The van der Waals surface area contributed by atoms with Crippen LogP contribution in [0.15, 0.2) is 42.5 Å². The van der Waals surface area contributed by atoms with E-state index in [4.69, 9.17) is 11.6 Å². The van der Waals surface area contributed by atoms with E-state index in [2.05, 4.69) is 17.6 Å². The van der Waals surface area contributed by atoms with E-state index in [0.717, 1.165) is 37.2 Å². The van der Waals surface area contributed by atoms with Crippen LogP contribution in [0.4, 0.5) is 11.4 Å². The minimum absolute atomic E-state index is 0.0765. The van der Waals surface area contributed by atoms with Crippen molar-refractivity contribution in [1.82, 2.24) is 4.90 Å². The van der Waals surface area contributed by atoms with Gasteiger partial charge >= 0.3 is 0 Å². The molecule has 1 aliphatic heterocycles. The number of hydrogen-bond donors (Lipinski definition) is 2. The summed E-state index contributed by atoms with van der Waals surface area (Å²) in [6.45, 7) is 5.92. The van der Waals surface area contributed by atoms with Crippen molar-refractivity contribution in [3.05, 3.63) is 58.6 Å². The third-order valence-corrected chi connectivity index (χ3v) is 5.36. The second kappa shape index (κ2) is 9.11. The van der Waals surface area contributed by atoms with Gasteiger partial charge in [0.1, 0.15) is 0 Å². The zero-order chi connectivity index (χ0) is 20.1. The lowest BCUT2D eigenvalue weighted by atomic mass is 9.98. The number of carbonyl (C=O) groups is 2. The van der Waals surface area contributed by atoms with Crippen molar-refractivity contribution in [2.45, 2.75) is 26.7 Å². The van der Waals surface area contributed by atoms with Crippen LogP contribution in [0.5, 0.6) is 0 Å². The Morgan fingerprint density at radius 2 is 1.79 bits per heavy atom. The Balaban J connectivity index is 1.52. The maximum absolute atomic E-state index is 12.6. The monoisotopic (exact) mass is 399 g/mol. The van der Waals surface area contributed by atoms with Crippen molar-refractivity contribution < 1.29 is 9.59 Å². The topological polar surface area (TPSA) is 61.4 Å². The lowest BCUT2D eigenvalue weighted by Crippen LogP contribution is -2.37. The maximum Gasteiger partial charge on any atom is 0.253 e. The van der Waals surface area contributed by atoms with Gasteiger partial charge in [0.15, 0.2) is 0 Å². The normalized spacial score (nSPS) is 14.6. The lowest BCUT2D eigenvalue weighted by molar-refractivity contribution is -0.114. The number of anilines is 2. The maximum atomic E-state index is 12.6. The van der Waals surface area contributed by atoms with Crippen LogP contribution < -0.4 is 10.6 Å². The lowest BCUT2D eigenvalue weighted by Gasteiger charge is -2.30. The third kappa shape index (κ3) is 5.26. The van der Waals surface area contributed by atoms with Gasteiger partial charge in [-0.15, -0.1) is 0 Å². The largest absolute Gasteiger partial charge is 0.376 e. The molecule has 1 saturated heterocycles. The highest BCUT2D eigenvalue weighted by atomic mass is 35.5. The molecule has 1 heterocycles. The average molecular weight is 400 g/mol. The molecule has 2 N–H and O–H groups in total. The summed E-state index contributed by atoms with van der Waals surface area (Å²) in [6, 6.07) is 12.7. The molecular formula is C22H26ClN3O2. The van der Waals surface area contributed by atoms with E-state index >= 15 is 0 Å². The molecule has 1 aliphatic rings. The van der Waals surface area contributed by atoms with E-state index in [0.29, 0.717) is 22.2 Å². The smallest absolute Gasteiger partial charge is 0.253 e. The van der Waals surface area contributed by atoms with Crippen molar-refractivity contribution in [2.24, 2.45) is 5.92 Å². The van der Waals surface area contributed by atoms with E-state index in [9.17, 15) is 9.59 Å².